The minimum Gasteiger partial charge on any atom is -0.377 e. The molecular formula is C18H29N3O3Si. The van der Waals surface area contributed by atoms with E-state index in [1.54, 1.807) is 21.3 Å². The standard InChI is InChI=1S/C18H29N3O3Si/c1-15-17(20-18(19-15)16-10-7-6-8-11-16)14-21(2)12-9-13-25(22-3,23-4)24-5/h6-8,10-11H,9,12-14H2,1-5H3,(H,19,20). The molecule has 0 atom stereocenters. The van der Waals surface area contributed by atoms with Crippen molar-refractivity contribution in [1.82, 2.24) is 14.9 Å². The zero-order chi connectivity index (χ0) is 18.3. The van der Waals surface area contributed by atoms with E-state index in [-0.39, 0.29) is 0 Å². The lowest BCUT2D eigenvalue weighted by molar-refractivity contribution is 0.121. The van der Waals surface area contributed by atoms with Crippen LogP contribution in [0.3, 0.4) is 0 Å². The molecule has 0 aliphatic rings. The second-order valence-corrected chi connectivity index (χ2v) is 9.25. The first-order valence-corrected chi connectivity index (χ1v) is 10.4. The average molecular weight is 364 g/mol. The molecule has 0 fully saturated rings. The van der Waals surface area contributed by atoms with Crippen molar-refractivity contribution in [3.05, 3.63) is 41.7 Å². The average Bonchev–Trinajstić information content (AvgIpc) is 3.00. The monoisotopic (exact) mass is 363 g/mol. The molecule has 0 spiro atoms. The van der Waals surface area contributed by atoms with Crippen LogP contribution >= 0.6 is 0 Å². The van der Waals surface area contributed by atoms with Crippen molar-refractivity contribution in [1.29, 1.82) is 0 Å². The Labute approximate surface area is 151 Å². The van der Waals surface area contributed by atoms with Crippen LogP contribution < -0.4 is 0 Å². The highest BCUT2D eigenvalue weighted by Crippen LogP contribution is 2.19. The van der Waals surface area contributed by atoms with Crippen molar-refractivity contribution in [2.75, 3.05) is 34.9 Å². The van der Waals surface area contributed by atoms with E-state index in [0.717, 1.165) is 48.3 Å². The van der Waals surface area contributed by atoms with Gasteiger partial charge in [0, 0.05) is 45.2 Å². The van der Waals surface area contributed by atoms with Gasteiger partial charge in [0.05, 0.1) is 5.69 Å². The molecule has 0 unspecified atom stereocenters. The van der Waals surface area contributed by atoms with Gasteiger partial charge in [-0.3, -0.25) is 0 Å². The fourth-order valence-electron chi connectivity index (χ4n) is 2.84. The minimum atomic E-state index is -2.48. The molecule has 6 nitrogen and oxygen atoms in total. The van der Waals surface area contributed by atoms with Gasteiger partial charge in [-0.15, -0.1) is 0 Å². The molecule has 0 radical (unpaired) electrons. The number of hydrogen-bond donors (Lipinski definition) is 1. The summed E-state index contributed by atoms with van der Waals surface area (Å²) in [5.41, 5.74) is 3.30. The van der Waals surface area contributed by atoms with E-state index in [2.05, 4.69) is 36.0 Å². The van der Waals surface area contributed by atoms with Gasteiger partial charge in [0.15, 0.2) is 0 Å². The van der Waals surface area contributed by atoms with Crippen molar-refractivity contribution in [3.8, 4) is 11.4 Å². The number of hydrogen-bond acceptors (Lipinski definition) is 5. The summed E-state index contributed by atoms with van der Waals surface area (Å²) in [6.07, 6.45) is 0.952. The van der Waals surface area contributed by atoms with Crippen LogP contribution in [0.15, 0.2) is 30.3 Å². The van der Waals surface area contributed by atoms with E-state index in [0.29, 0.717) is 0 Å². The van der Waals surface area contributed by atoms with Gasteiger partial charge >= 0.3 is 8.80 Å². The third-order valence-corrected chi connectivity index (χ3v) is 7.24. The quantitative estimate of drug-likeness (QED) is 0.657. The van der Waals surface area contributed by atoms with Crippen LogP contribution in [0.1, 0.15) is 17.8 Å². The van der Waals surface area contributed by atoms with Crippen molar-refractivity contribution in [3.63, 3.8) is 0 Å². The van der Waals surface area contributed by atoms with Crippen LogP contribution in [-0.2, 0) is 19.8 Å². The number of H-pyrrole nitrogens is 1. The molecular weight excluding hydrogens is 334 g/mol. The van der Waals surface area contributed by atoms with Crippen LogP contribution in [0.5, 0.6) is 0 Å². The van der Waals surface area contributed by atoms with Crippen LogP contribution in [0.25, 0.3) is 11.4 Å². The first-order chi connectivity index (χ1) is 12.0. The Morgan fingerprint density at radius 3 is 2.32 bits per heavy atom. The fourth-order valence-corrected chi connectivity index (χ4v) is 4.54. The van der Waals surface area contributed by atoms with Gasteiger partial charge in [-0.05, 0) is 26.9 Å². The molecule has 0 amide bonds. The van der Waals surface area contributed by atoms with E-state index in [1.165, 1.54) is 0 Å². The normalized spacial score (nSPS) is 12.1. The number of nitrogens with zero attached hydrogens (tertiary/aromatic N) is 2. The minimum absolute atomic E-state index is 0.801. The Morgan fingerprint density at radius 2 is 1.72 bits per heavy atom. The maximum absolute atomic E-state index is 5.47. The Kier molecular flexibility index (Phi) is 7.34. The van der Waals surface area contributed by atoms with Crippen LogP contribution in [-0.4, -0.2) is 58.6 Å². The topological polar surface area (TPSA) is 59.6 Å². The zero-order valence-corrected chi connectivity index (χ0v) is 16.8. The van der Waals surface area contributed by atoms with Crippen molar-refractivity contribution in [2.24, 2.45) is 0 Å². The molecule has 0 bridgehead atoms. The molecule has 1 heterocycles. The predicted molar refractivity (Wildman–Crippen MR) is 101 cm³/mol. The number of imidazole rings is 1. The molecule has 1 aromatic carbocycles. The van der Waals surface area contributed by atoms with Crippen molar-refractivity contribution in [2.45, 2.75) is 25.9 Å². The smallest absolute Gasteiger partial charge is 0.377 e. The molecule has 1 N–H and O–H groups in total. The lowest BCUT2D eigenvalue weighted by atomic mass is 10.2. The second kappa shape index (κ2) is 9.26. The summed E-state index contributed by atoms with van der Waals surface area (Å²) in [5.74, 6) is 0.922. The number of aryl methyl sites for hydroxylation is 1. The third-order valence-electron chi connectivity index (χ3n) is 4.41. The Bertz CT molecular complexity index is 636. The highest BCUT2D eigenvalue weighted by molar-refractivity contribution is 6.60. The summed E-state index contributed by atoms with van der Waals surface area (Å²) >= 11 is 0. The summed E-state index contributed by atoms with van der Waals surface area (Å²) < 4.78 is 16.4. The lowest BCUT2D eigenvalue weighted by Crippen LogP contribution is -2.43. The van der Waals surface area contributed by atoms with Gasteiger partial charge in [0.2, 0.25) is 0 Å². The largest absolute Gasteiger partial charge is 0.500 e. The van der Waals surface area contributed by atoms with E-state index in [4.69, 9.17) is 18.3 Å². The zero-order valence-electron chi connectivity index (χ0n) is 15.8. The van der Waals surface area contributed by atoms with Crippen molar-refractivity contribution >= 4 is 8.80 Å². The van der Waals surface area contributed by atoms with Gasteiger partial charge in [-0.2, -0.15) is 0 Å². The highest BCUT2D eigenvalue weighted by Gasteiger charge is 2.36. The number of nitrogens with one attached hydrogen (secondary N) is 1. The molecule has 2 aromatic rings. The first kappa shape index (κ1) is 19.8. The number of aromatic amines is 1. The van der Waals surface area contributed by atoms with E-state index >= 15 is 0 Å². The van der Waals surface area contributed by atoms with Gasteiger partial charge in [0.1, 0.15) is 5.82 Å². The number of benzene rings is 1. The SMILES string of the molecule is CO[Si](CCCN(C)Cc1nc(-c2ccccc2)[nH]c1C)(OC)OC. The highest BCUT2D eigenvalue weighted by atomic mass is 28.4. The van der Waals surface area contributed by atoms with Crippen LogP contribution in [0.4, 0.5) is 0 Å². The number of aromatic nitrogens is 2. The molecule has 0 aliphatic heterocycles. The first-order valence-electron chi connectivity index (χ1n) is 8.48. The summed E-state index contributed by atoms with van der Waals surface area (Å²) in [5, 5.41) is 0. The van der Waals surface area contributed by atoms with Gasteiger partial charge in [-0.1, -0.05) is 30.3 Å². The maximum Gasteiger partial charge on any atom is 0.500 e. The molecule has 0 saturated heterocycles. The Hall–Kier alpha value is -1.51. The Balaban J connectivity index is 1.91. The summed E-state index contributed by atoms with van der Waals surface area (Å²) in [6, 6.07) is 11.0. The van der Waals surface area contributed by atoms with Gasteiger partial charge in [-0.25, -0.2) is 4.98 Å². The molecule has 0 saturated carbocycles. The Morgan fingerprint density at radius 1 is 1.08 bits per heavy atom. The van der Waals surface area contributed by atoms with Crippen LogP contribution in [0, 0.1) is 6.92 Å². The summed E-state index contributed by atoms with van der Waals surface area (Å²) in [4.78, 5) is 10.4. The summed E-state index contributed by atoms with van der Waals surface area (Å²) in [7, 11) is 4.59. The third kappa shape index (κ3) is 5.23. The van der Waals surface area contributed by atoms with Gasteiger partial charge in [0.25, 0.3) is 0 Å². The summed E-state index contributed by atoms with van der Waals surface area (Å²) in [6.45, 7) is 3.80. The molecule has 25 heavy (non-hydrogen) atoms. The van der Waals surface area contributed by atoms with E-state index in [1.807, 2.05) is 18.2 Å². The van der Waals surface area contributed by atoms with Crippen LogP contribution in [0.2, 0.25) is 6.04 Å². The maximum atomic E-state index is 5.47. The van der Waals surface area contributed by atoms with E-state index < -0.39 is 8.80 Å². The van der Waals surface area contributed by atoms with E-state index in [9.17, 15) is 0 Å². The fraction of sp³-hybridized carbons (Fsp3) is 0.500. The molecule has 2 rings (SSSR count). The second-order valence-electron chi connectivity index (χ2n) is 6.16. The van der Waals surface area contributed by atoms with Crippen molar-refractivity contribution < 1.29 is 13.3 Å². The molecule has 1 aromatic heterocycles. The predicted octanol–water partition coefficient (Wildman–Crippen LogP) is 3.09. The van der Waals surface area contributed by atoms with Gasteiger partial charge < -0.3 is 23.2 Å². The molecule has 0 aliphatic carbocycles. The molecule has 7 heteroatoms. The number of rotatable bonds is 10. The lowest BCUT2D eigenvalue weighted by Gasteiger charge is -2.25. The molecule has 138 valence electrons.